The minimum Gasteiger partial charge on any atom is -0.504 e. The standard InChI is InChI=1S/C12H16FNO2/c13-10-3-4-11(15)12(16)9(10)6-8-2-1-5-14-7-8/h3-4,8,14-16H,1-2,5-7H2. The Morgan fingerprint density at radius 3 is 2.88 bits per heavy atom. The Morgan fingerprint density at radius 1 is 1.38 bits per heavy atom. The zero-order valence-corrected chi connectivity index (χ0v) is 9.04. The van der Waals surface area contributed by atoms with E-state index in [0.717, 1.165) is 25.9 Å². The maximum atomic E-state index is 13.5. The molecule has 3 nitrogen and oxygen atoms in total. The van der Waals surface area contributed by atoms with E-state index in [1.54, 1.807) is 0 Å². The molecular formula is C12H16FNO2. The second-order valence-corrected chi connectivity index (χ2v) is 4.31. The summed E-state index contributed by atoms with van der Waals surface area (Å²) in [6.07, 6.45) is 2.58. The molecule has 4 heteroatoms. The van der Waals surface area contributed by atoms with Gasteiger partial charge in [0.1, 0.15) is 5.82 Å². The number of nitrogens with one attached hydrogen (secondary N) is 1. The van der Waals surface area contributed by atoms with E-state index in [-0.39, 0.29) is 17.1 Å². The van der Waals surface area contributed by atoms with Crippen molar-refractivity contribution in [3.63, 3.8) is 0 Å². The summed E-state index contributed by atoms with van der Waals surface area (Å²) in [4.78, 5) is 0. The fraction of sp³-hybridized carbons (Fsp3) is 0.500. The van der Waals surface area contributed by atoms with E-state index in [4.69, 9.17) is 0 Å². The van der Waals surface area contributed by atoms with Gasteiger partial charge in [-0.05, 0) is 50.4 Å². The molecule has 1 fully saturated rings. The maximum Gasteiger partial charge on any atom is 0.163 e. The van der Waals surface area contributed by atoms with Crippen molar-refractivity contribution in [2.75, 3.05) is 13.1 Å². The molecule has 0 aromatic heterocycles. The molecule has 0 amide bonds. The average molecular weight is 225 g/mol. The molecule has 88 valence electrons. The van der Waals surface area contributed by atoms with Crippen molar-refractivity contribution >= 4 is 0 Å². The Morgan fingerprint density at radius 2 is 2.19 bits per heavy atom. The SMILES string of the molecule is Oc1ccc(F)c(CC2CCCNC2)c1O. The molecule has 2 rings (SSSR count). The predicted molar refractivity (Wildman–Crippen MR) is 59.0 cm³/mol. The van der Waals surface area contributed by atoms with Crippen LogP contribution in [0.1, 0.15) is 18.4 Å². The molecule has 1 saturated heterocycles. The van der Waals surface area contributed by atoms with Crippen LogP contribution in [0, 0.1) is 11.7 Å². The largest absolute Gasteiger partial charge is 0.504 e. The first-order valence-electron chi connectivity index (χ1n) is 5.58. The highest BCUT2D eigenvalue weighted by Crippen LogP contribution is 2.33. The minimum absolute atomic E-state index is 0.230. The van der Waals surface area contributed by atoms with E-state index < -0.39 is 5.82 Å². The number of hydrogen-bond acceptors (Lipinski definition) is 3. The van der Waals surface area contributed by atoms with Crippen molar-refractivity contribution in [3.05, 3.63) is 23.5 Å². The number of hydrogen-bond donors (Lipinski definition) is 3. The smallest absolute Gasteiger partial charge is 0.163 e. The molecule has 3 N–H and O–H groups in total. The summed E-state index contributed by atoms with van der Waals surface area (Å²) < 4.78 is 13.5. The third-order valence-corrected chi connectivity index (χ3v) is 3.10. The van der Waals surface area contributed by atoms with Crippen LogP contribution in [0.25, 0.3) is 0 Å². The van der Waals surface area contributed by atoms with Crippen LogP contribution in [0.4, 0.5) is 4.39 Å². The number of phenolic OH excluding ortho intramolecular Hbond substituents is 2. The summed E-state index contributed by atoms with van der Waals surface area (Å²) in [6.45, 7) is 1.85. The molecule has 1 aromatic rings. The molecule has 0 bridgehead atoms. The molecule has 1 aliphatic heterocycles. The Labute approximate surface area is 93.9 Å². The van der Waals surface area contributed by atoms with Gasteiger partial charge in [0.25, 0.3) is 0 Å². The van der Waals surface area contributed by atoms with Crippen LogP contribution >= 0.6 is 0 Å². The molecule has 1 heterocycles. The van der Waals surface area contributed by atoms with Gasteiger partial charge in [0.2, 0.25) is 0 Å². The van der Waals surface area contributed by atoms with E-state index in [1.807, 2.05) is 0 Å². The van der Waals surface area contributed by atoms with Gasteiger partial charge in [-0.2, -0.15) is 0 Å². The number of aromatic hydroxyl groups is 2. The van der Waals surface area contributed by atoms with Crippen molar-refractivity contribution in [2.45, 2.75) is 19.3 Å². The fourth-order valence-electron chi connectivity index (χ4n) is 2.18. The van der Waals surface area contributed by atoms with Crippen LogP contribution in [0.15, 0.2) is 12.1 Å². The summed E-state index contributed by atoms with van der Waals surface area (Å²) in [5, 5.41) is 22.2. The second-order valence-electron chi connectivity index (χ2n) is 4.31. The zero-order valence-electron chi connectivity index (χ0n) is 9.04. The summed E-state index contributed by atoms with van der Waals surface area (Å²) in [5.74, 6) is -0.678. The number of halogens is 1. The first-order valence-corrected chi connectivity index (χ1v) is 5.58. The van der Waals surface area contributed by atoms with E-state index in [1.165, 1.54) is 12.1 Å². The molecule has 1 aromatic carbocycles. The first kappa shape index (κ1) is 11.2. The van der Waals surface area contributed by atoms with Crippen molar-refractivity contribution in [3.8, 4) is 11.5 Å². The van der Waals surface area contributed by atoms with Crippen molar-refractivity contribution in [1.82, 2.24) is 5.32 Å². The zero-order chi connectivity index (χ0) is 11.5. The van der Waals surface area contributed by atoms with E-state index in [0.29, 0.717) is 12.3 Å². The molecule has 0 radical (unpaired) electrons. The predicted octanol–water partition coefficient (Wildman–Crippen LogP) is 1.78. The lowest BCUT2D eigenvalue weighted by Crippen LogP contribution is -2.31. The van der Waals surface area contributed by atoms with Gasteiger partial charge >= 0.3 is 0 Å². The summed E-state index contributed by atoms with van der Waals surface area (Å²) in [5.41, 5.74) is 0.230. The van der Waals surface area contributed by atoms with E-state index in [2.05, 4.69) is 5.32 Å². The molecule has 1 atom stereocenters. The summed E-state index contributed by atoms with van der Waals surface area (Å²) >= 11 is 0. The van der Waals surface area contributed by atoms with Gasteiger partial charge < -0.3 is 15.5 Å². The third-order valence-electron chi connectivity index (χ3n) is 3.10. The average Bonchev–Trinajstić information content (AvgIpc) is 2.31. The fourth-order valence-corrected chi connectivity index (χ4v) is 2.18. The van der Waals surface area contributed by atoms with Crippen LogP contribution in [0.2, 0.25) is 0 Å². The number of rotatable bonds is 2. The monoisotopic (exact) mass is 225 g/mol. The highest BCUT2D eigenvalue weighted by Gasteiger charge is 2.19. The second kappa shape index (κ2) is 4.70. The highest BCUT2D eigenvalue weighted by atomic mass is 19.1. The Kier molecular flexibility index (Phi) is 3.29. The van der Waals surface area contributed by atoms with Gasteiger partial charge in [0.05, 0.1) is 0 Å². The number of benzene rings is 1. The van der Waals surface area contributed by atoms with Gasteiger partial charge in [0, 0.05) is 5.56 Å². The molecule has 0 saturated carbocycles. The van der Waals surface area contributed by atoms with Crippen molar-refractivity contribution in [1.29, 1.82) is 0 Å². The van der Waals surface area contributed by atoms with E-state index >= 15 is 0 Å². The van der Waals surface area contributed by atoms with Gasteiger partial charge in [-0.3, -0.25) is 0 Å². The van der Waals surface area contributed by atoms with Gasteiger partial charge in [0.15, 0.2) is 11.5 Å². The maximum absolute atomic E-state index is 13.5. The number of piperidine rings is 1. The normalized spacial score (nSPS) is 20.9. The van der Waals surface area contributed by atoms with E-state index in [9.17, 15) is 14.6 Å². The van der Waals surface area contributed by atoms with Crippen LogP contribution in [-0.2, 0) is 6.42 Å². The molecule has 0 spiro atoms. The first-order chi connectivity index (χ1) is 7.68. The lowest BCUT2D eigenvalue weighted by Gasteiger charge is -2.23. The Balaban J connectivity index is 2.16. The van der Waals surface area contributed by atoms with Crippen LogP contribution in [0.3, 0.4) is 0 Å². The topological polar surface area (TPSA) is 52.5 Å². The quantitative estimate of drug-likeness (QED) is 0.672. The Hall–Kier alpha value is -1.29. The lowest BCUT2D eigenvalue weighted by molar-refractivity contribution is 0.355. The van der Waals surface area contributed by atoms with Crippen LogP contribution in [-0.4, -0.2) is 23.3 Å². The molecule has 16 heavy (non-hydrogen) atoms. The summed E-state index contributed by atoms with van der Waals surface area (Å²) in [7, 11) is 0. The lowest BCUT2D eigenvalue weighted by atomic mass is 9.91. The summed E-state index contributed by atoms with van der Waals surface area (Å²) in [6, 6.07) is 2.37. The van der Waals surface area contributed by atoms with Gasteiger partial charge in [-0.25, -0.2) is 4.39 Å². The van der Waals surface area contributed by atoms with Crippen LogP contribution < -0.4 is 5.32 Å². The minimum atomic E-state index is -0.444. The van der Waals surface area contributed by atoms with Crippen molar-refractivity contribution < 1.29 is 14.6 Å². The molecule has 0 aliphatic carbocycles. The van der Waals surface area contributed by atoms with Crippen LogP contribution in [0.5, 0.6) is 11.5 Å². The third kappa shape index (κ3) is 2.27. The molecule has 1 unspecified atom stereocenters. The molecule has 1 aliphatic rings. The van der Waals surface area contributed by atoms with Gasteiger partial charge in [-0.1, -0.05) is 0 Å². The number of phenols is 2. The van der Waals surface area contributed by atoms with Crippen molar-refractivity contribution in [2.24, 2.45) is 5.92 Å². The van der Waals surface area contributed by atoms with Gasteiger partial charge in [-0.15, -0.1) is 0 Å². The molecular weight excluding hydrogens is 209 g/mol. The highest BCUT2D eigenvalue weighted by molar-refractivity contribution is 5.45. The Bertz CT molecular complexity index is 376.